The van der Waals surface area contributed by atoms with E-state index in [9.17, 15) is 4.79 Å². The molecule has 0 amide bonds. The fraction of sp³-hybridized carbons (Fsp3) is 0.538. The quantitative estimate of drug-likeness (QED) is 0.761. The fourth-order valence-corrected chi connectivity index (χ4v) is 2.49. The molecule has 92 valence electrons. The van der Waals surface area contributed by atoms with Crippen LogP contribution in [0.15, 0.2) is 12.3 Å². The van der Waals surface area contributed by atoms with Crippen LogP contribution in [0.4, 0.5) is 5.82 Å². The molecule has 0 atom stereocenters. The van der Waals surface area contributed by atoms with Crippen LogP contribution in [0.5, 0.6) is 0 Å². The standard InChI is InChI=1S/C13H19N3O/c1-8-6-7-16-13(15)11(8)12(17)9-2-4-10(14)5-3-9/h6-7,9-10H,2-5,14H2,1H3,(H2,15,16). The molecule has 1 saturated carbocycles. The third kappa shape index (κ3) is 2.47. The van der Waals surface area contributed by atoms with Crippen LogP contribution < -0.4 is 11.5 Å². The van der Waals surface area contributed by atoms with Crippen LogP contribution >= 0.6 is 0 Å². The third-order valence-electron chi connectivity index (χ3n) is 3.58. The molecular formula is C13H19N3O. The molecule has 4 nitrogen and oxygen atoms in total. The number of carbonyl (C=O) groups excluding carboxylic acids is 1. The van der Waals surface area contributed by atoms with Crippen molar-refractivity contribution < 1.29 is 4.79 Å². The van der Waals surface area contributed by atoms with Gasteiger partial charge in [0.05, 0.1) is 5.56 Å². The van der Waals surface area contributed by atoms with Gasteiger partial charge in [-0.25, -0.2) is 4.98 Å². The topological polar surface area (TPSA) is 82.0 Å². The highest BCUT2D eigenvalue weighted by atomic mass is 16.1. The Morgan fingerprint density at radius 1 is 1.35 bits per heavy atom. The maximum absolute atomic E-state index is 12.4. The summed E-state index contributed by atoms with van der Waals surface area (Å²) < 4.78 is 0. The summed E-state index contributed by atoms with van der Waals surface area (Å²) in [4.78, 5) is 16.4. The molecule has 0 spiro atoms. The van der Waals surface area contributed by atoms with Gasteiger partial charge in [-0.3, -0.25) is 4.79 Å². The molecule has 1 fully saturated rings. The molecule has 0 radical (unpaired) electrons. The summed E-state index contributed by atoms with van der Waals surface area (Å²) in [6, 6.07) is 2.09. The van der Waals surface area contributed by atoms with E-state index in [1.54, 1.807) is 6.20 Å². The van der Waals surface area contributed by atoms with E-state index in [0.717, 1.165) is 31.2 Å². The number of ketones is 1. The van der Waals surface area contributed by atoms with Crippen molar-refractivity contribution in [1.29, 1.82) is 0 Å². The van der Waals surface area contributed by atoms with Crippen LogP contribution in [0.25, 0.3) is 0 Å². The van der Waals surface area contributed by atoms with Crippen molar-refractivity contribution in [3.63, 3.8) is 0 Å². The number of hydrogen-bond donors (Lipinski definition) is 2. The summed E-state index contributed by atoms with van der Waals surface area (Å²) in [6.07, 6.45) is 5.23. The molecule has 4 heteroatoms. The molecule has 1 heterocycles. The first-order valence-electron chi connectivity index (χ1n) is 6.10. The average molecular weight is 233 g/mol. The Kier molecular flexibility index (Phi) is 3.43. The van der Waals surface area contributed by atoms with Crippen LogP contribution in [0.1, 0.15) is 41.6 Å². The Morgan fingerprint density at radius 2 is 2.00 bits per heavy atom. The van der Waals surface area contributed by atoms with Gasteiger partial charge in [-0.15, -0.1) is 0 Å². The summed E-state index contributed by atoms with van der Waals surface area (Å²) in [6.45, 7) is 1.90. The molecule has 1 aliphatic carbocycles. The van der Waals surface area contributed by atoms with Gasteiger partial charge < -0.3 is 11.5 Å². The molecule has 4 N–H and O–H groups in total. The lowest BCUT2D eigenvalue weighted by Crippen LogP contribution is -2.30. The number of nitrogens with two attached hydrogens (primary N) is 2. The first-order chi connectivity index (χ1) is 8.09. The molecule has 1 aliphatic rings. The van der Waals surface area contributed by atoms with Crippen molar-refractivity contribution in [2.24, 2.45) is 11.7 Å². The predicted octanol–water partition coefficient (Wildman–Crippen LogP) is 1.67. The highest BCUT2D eigenvalue weighted by Crippen LogP contribution is 2.28. The summed E-state index contributed by atoms with van der Waals surface area (Å²) >= 11 is 0. The second-order valence-corrected chi connectivity index (χ2v) is 4.86. The Hall–Kier alpha value is -1.42. The Balaban J connectivity index is 2.20. The number of aryl methyl sites for hydroxylation is 1. The van der Waals surface area contributed by atoms with E-state index in [4.69, 9.17) is 11.5 Å². The second-order valence-electron chi connectivity index (χ2n) is 4.86. The molecule has 17 heavy (non-hydrogen) atoms. The van der Waals surface area contributed by atoms with Crippen molar-refractivity contribution in [2.75, 3.05) is 5.73 Å². The Labute approximate surface area is 101 Å². The van der Waals surface area contributed by atoms with Gasteiger partial charge in [-0.2, -0.15) is 0 Å². The Morgan fingerprint density at radius 3 is 2.59 bits per heavy atom. The van der Waals surface area contributed by atoms with E-state index in [1.807, 2.05) is 13.0 Å². The molecule has 1 aromatic heterocycles. The lowest BCUT2D eigenvalue weighted by Gasteiger charge is -2.25. The summed E-state index contributed by atoms with van der Waals surface area (Å²) in [5.41, 5.74) is 13.2. The van der Waals surface area contributed by atoms with Crippen molar-refractivity contribution >= 4 is 11.6 Å². The number of nitrogens with zero attached hydrogens (tertiary/aromatic N) is 1. The van der Waals surface area contributed by atoms with Gasteiger partial charge in [0.15, 0.2) is 5.78 Å². The first kappa shape index (κ1) is 12.0. The second kappa shape index (κ2) is 4.84. The van der Waals surface area contributed by atoms with E-state index in [-0.39, 0.29) is 17.7 Å². The third-order valence-corrected chi connectivity index (χ3v) is 3.58. The summed E-state index contributed by atoms with van der Waals surface area (Å²) in [5.74, 6) is 0.560. The number of nitrogen functional groups attached to an aromatic ring is 1. The molecule has 0 saturated heterocycles. The van der Waals surface area contributed by atoms with Gasteiger partial charge in [0, 0.05) is 18.2 Å². The number of hydrogen-bond acceptors (Lipinski definition) is 4. The molecule has 0 aromatic carbocycles. The lowest BCUT2D eigenvalue weighted by atomic mass is 9.81. The molecular weight excluding hydrogens is 214 g/mol. The van der Waals surface area contributed by atoms with Crippen LogP contribution in [-0.4, -0.2) is 16.8 Å². The normalized spacial score (nSPS) is 24.6. The van der Waals surface area contributed by atoms with Crippen LogP contribution in [0.3, 0.4) is 0 Å². The monoisotopic (exact) mass is 233 g/mol. The number of rotatable bonds is 2. The van der Waals surface area contributed by atoms with Crippen molar-refractivity contribution in [3.05, 3.63) is 23.4 Å². The Bertz CT molecular complexity index is 402. The maximum atomic E-state index is 12.4. The predicted molar refractivity (Wildman–Crippen MR) is 67.7 cm³/mol. The van der Waals surface area contributed by atoms with Gasteiger partial charge in [0.25, 0.3) is 0 Å². The number of carbonyl (C=O) groups is 1. The van der Waals surface area contributed by atoms with Crippen molar-refractivity contribution in [1.82, 2.24) is 4.98 Å². The van der Waals surface area contributed by atoms with E-state index < -0.39 is 0 Å². The van der Waals surface area contributed by atoms with Gasteiger partial charge in [0.2, 0.25) is 0 Å². The van der Waals surface area contributed by atoms with Gasteiger partial charge >= 0.3 is 0 Å². The minimum Gasteiger partial charge on any atom is -0.383 e. The van der Waals surface area contributed by atoms with Crippen LogP contribution in [0, 0.1) is 12.8 Å². The van der Waals surface area contributed by atoms with Crippen LogP contribution in [0.2, 0.25) is 0 Å². The SMILES string of the molecule is Cc1ccnc(N)c1C(=O)C1CCC(N)CC1. The van der Waals surface area contributed by atoms with Crippen molar-refractivity contribution in [3.8, 4) is 0 Å². The number of pyridine rings is 1. The van der Waals surface area contributed by atoms with Gasteiger partial charge in [-0.1, -0.05) is 0 Å². The molecule has 1 aromatic rings. The fourth-order valence-electron chi connectivity index (χ4n) is 2.49. The zero-order valence-electron chi connectivity index (χ0n) is 10.1. The molecule has 2 rings (SSSR count). The van der Waals surface area contributed by atoms with E-state index in [1.165, 1.54) is 0 Å². The van der Waals surface area contributed by atoms with E-state index in [0.29, 0.717) is 11.4 Å². The highest BCUT2D eigenvalue weighted by molar-refractivity contribution is 6.02. The first-order valence-corrected chi connectivity index (χ1v) is 6.10. The number of aromatic nitrogens is 1. The molecule has 0 unspecified atom stereocenters. The zero-order chi connectivity index (χ0) is 12.4. The highest BCUT2D eigenvalue weighted by Gasteiger charge is 2.27. The molecule has 0 aliphatic heterocycles. The number of Topliss-reactive ketones (excluding diaryl/α,β-unsaturated/α-hetero) is 1. The minimum absolute atomic E-state index is 0.0694. The zero-order valence-corrected chi connectivity index (χ0v) is 10.1. The minimum atomic E-state index is 0.0694. The largest absolute Gasteiger partial charge is 0.383 e. The van der Waals surface area contributed by atoms with Gasteiger partial charge in [0.1, 0.15) is 5.82 Å². The summed E-state index contributed by atoms with van der Waals surface area (Å²) in [5, 5.41) is 0. The van der Waals surface area contributed by atoms with Gasteiger partial charge in [-0.05, 0) is 44.2 Å². The van der Waals surface area contributed by atoms with Crippen molar-refractivity contribution in [2.45, 2.75) is 38.6 Å². The van der Waals surface area contributed by atoms with E-state index in [2.05, 4.69) is 4.98 Å². The smallest absolute Gasteiger partial charge is 0.169 e. The summed E-state index contributed by atoms with van der Waals surface area (Å²) in [7, 11) is 0. The lowest BCUT2D eigenvalue weighted by molar-refractivity contribution is 0.0885. The average Bonchev–Trinajstić information content (AvgIpc) is 2.29. The maximum Gasteiger partial charge on any atom is 0.169 e. The number of anilines is 1. The van der Waals surface area contributed by atoms with Crippen LogP contribution in [-0.2, 0) is 0 Å². The molecule has 0 bridgehead atoms. The van der Waals surface area contributed by atoms with E-state index >= 15 is 0 Å².